The summed E-state index contributed by atoms with van der Waals surface area (Å²) >= 11 is 5.92. The first-order valence-corrected chi connectivity index (χ1v) is 6.76. The van der Waals surface area contributed by atoms with Gasteiger partial charge in [0.05, 0.1) is 12.3 Å². The number of rotatable bonds is 2. The van der Waals surface area contributed by atoms with Gasteiger partial charge in [0.15, 0.2) is 5.65 Å². The Morgan fingerprint density at radius 3 is 2.80 bits per heavy atom. The fourth-order valence-electron chi connectivity index (χ4n) is 2.49. The molecule has 3 rings (SSSR count). The van der Waals surface area contributed by atoms with Crippen LogP contribution in [0.3, 0.4) is 0 Å². The molecule has 0 radical (unpaired) electrons. The molecular formula is C13H13ClN4O2. The minimum absolute atomic E-state index is 0.125. The van der Waals surface area contributed by atoms with Crippen LogP contribution in [0.1, 0.15) is 23.9 Å². The average Bonchev–Trinajstić information content (AvgIpc) is 2.90. The first-order chi connectivity index (χ1) is 9.52. The molecule has 2 aromatic heterocycles. The lowest BCUT2D eigenvalue weighted by Crippen LogP contribution is -2.27. The number of aromatic nitrogens is 3. The standard InChI is InChI=1S/C13H13ClN4O2/c1-7-3-8-12(15-6-7)18(10(5-14)16-8)9-4-11(19)17(2)13(9)20/h3,6,9H,4-5H2,1-2H3. The third-order valence-electron chi connectivity index (χ3n) is 3.53. The highest BCUT2D eigenvalue weighted by Gasteiger charge is 2.39. The Kier molecular flexibility index (Phi) is 2.97. The zero-order valence-electron chi connectivity index (χ0n) is 11.1. The normalized spacial score (nSPS) is 19.4. The lowest BCUT2D eigenvalue weighted by atomic mass is 10.2. The summed E-state index contributed by atoms with van der Waals surface area (Å²) in [5, 5.41) is 0. The van der Waals surface area contributed by atoms with E-state index in [-0.39, 0.29) is 24.1 Å². The van der Waals surface area contributed by atoms with E-state index in [1.54, 1.807) is 10.8 Å². The fraction of sp³-hybridized carbons (Fsp3) is 0.385. The SMILES string of the molecule is Cc1cnc2c(c1)nc(CCl)n2C1CC(=O)N(C)C1=O. The van der Waals surface area contributed by atoms with Crippen LogP contribution in [0.15, 0.2) is 12.3 Å². The van der Waals surface area contributed by atoms with Crippen LogP contribution in [0, 0.1) is 6.92 Å². The summed E-state index contributed by atoms with van der Waals surface area (Å²) < 4.78 is 1.69. The van der Waals surface area contributed by atoms with Crippen molar-refractivity contribution in [3.63, 3.8) is 0 Å². The monoisotopic (exact) mass is 292 g/mol. The number of carbonyl (C=O) groups is 2. The van der Waals surface area contributed by atoms with Gasteiger partial charge < -0.3 is 0 Å². The van der Waals surface area contributed by atoms with Gasteiger partial charge in [0, 0.05) is 13.2 Å². The molecule has 0 bridgehead atoms. The van der Waals surface area contributed by atoms with E-state index in [2.05, 4.69) is 9.97 Å². The second kappa shape index (κ2) is 4.56. The molecular weight excluding hydrogens is 280 g/mol. The van der Waals surface area contributed by atoms with Gasteiger partial charge in [-0.1, -0.05) is 0 Å². The number of carbonyl (C=O) groups excluding carboxylic acids is 2. The highest BCUT2D eigenvalue weighted by Crippen LogP contribution is 2.29. The maximum atomic E-state index is 12.2. The van der Waals surface area contributed by atoms with E-state index in [1.807, 2.05) is 13.0 Å². The number of nitrogens with zero attached hydrogens (tertiary/aromatic N) is 4. The highest BCUT2D eigenvalue weighted by atomic mass is 35.5. The molecule has 0 saturated carbocycles. The van der Waals surface area contributed by atoms with E-state index < -0.39 is 6.04 Å². The van der Waals surface area contributed by atoms with Crippen LogP contribution in [0.25, 0.3) is 11.2 Å². The van der Waals surface area contributed by atoms with Gasteiger partial charge in [-0.3, -0.25) is 19.1 Å². The summed E-state index contributed by atoms with van der Waals surface area (Å²) in [4.78, 5) is 33.8. The van der Waals surface area contributed by atoms with Crippen molar-refractivity contribution in [1.82, 2.24) is 19.4 Å². The van der Waals surface area contributed by atoms with E-state index in [4.69, 9.17) is 11.6 Å². The van der Waals surface area contributed by atoms with Crippen LogP contribution in [0.4, 0.5) is 0 Å². The van der Waals surface area contributed by atoms with Gasteiger partial charge >= 0.3 is 0 Å². The van der Waals surface area contributed by atoms with Gasteiger partial charge in [-0.2, -0.15) is 0 Å². The topological polar surface area (TPSA) is 68.1 Å². The Hall–Kier alpha value is -1.95. The molecule has 20 heavy (non-hydrogen) atoms. The molecule has 0 N–H and O–H groups in total. The fourth-order valence-corrected chi connectivity index (χ4v) is 2.68. The smallest absolute Gasteiger partial charge is 0.252 e. The maximum Gasteiger partial charge on any atom is 0.252 e. The molecule has 0 spiro atoms. The predicted octanol–water partition coefficient (Wildman–Crippen LogP) is 1.41. The third-order valence-corrected chi connectivity index (χ3v) is 3.77. The van der Waals surface area contributed by atoms with Crippen molar-refractivity contribution >= 4 is 34.6 Å². The molecule has 2 amide bonds. The molecule has 6 nitrogen and oxygen atoms in total. The molecule has 104 valence electrons. The molecule has 1 aliphatic rings. The highest BCUT2D eigenvalue weighted by molar-refractivity contribution is 6.17. The second-order valence-electron chi connectivity index (χ2n) is 4.90. The third kappa shape index (κ3) is 1.79. The number of fused-ring (bicyclic) bond motifs is 1. The maximum absolute atomic E-state index is 12.2. The van der Waals surface area contributed by atoms with E-state index in [9.17, 15) is 9.59 Å². The molecule has 7 heteroatoms. The lowest BCUT2D eigenvalue weighted by molar-refractivity contribution is -0.137. The second-order valence-corrected chi connectivity index (χ2v) is 5.17. The van der Waals surface area contributed by atoms with Gasteiger partial charge in [0.1, 0.15) is 17.4 Å². The molecule has 3 heterocycles. The van der Waals surface area contributed by atoms with Crippen LogP contribution in [0.5, 0.6) is 0 Å². The first kappa shape index (κ1) is 13.1. The Bertz CT molecular complexity index is 724. The number of hydrogen-bond acceptors (Lipinski definition) is 4. The predicted molar refractivity (Wildman–Crippen MR) is 73.3 cm³/mol. The van der Waals surface area contributed by atoms with Gasteiger partial charge in [0.25, 0.3) is 5.91 Å². The number of likely N-dealkylation sites (tertiary alicyclic amines) is 1. The minimum atomic E-state index is -0.596. The summed E-state index contributed by atoms with van der Waals surface area (Å²) in [6, 6.07) is 1.29. The van der Waals surface area contributed by atoms with Crippen molar-refractivity contribution in [2.45, 2.75) is 25.3 Å². The number of aryl methyl sites for hydroxylation is 1. The van der Waals surface area contributed by atoms with Crippen LogP contribution in [-0.2, 0) is 15.5 Å². The summed E-state index contributed by atoms with van der Waals surface area (Å²) in [5.41, 5.74) is 2.26. The van der Waals surface area contributed by atoms with Gasteiger partial charge in [0.2, 0.25) is 5.91 Å². The Morgan fingerprint density at radius 2 is 2.20 bits per heavy atom. The molecule has 1 fully saturated rings. The van der Waals surface area contributed by atoms with Gasteiger partial charge in [-0.25, -0.2) is 9.97 Å². The molecule has 1 aliphatic heterocycles. The van der Waals surface area contributed by atoms with Gasteiger partial charge in [-0.15, -0.1) is 11.6 Å². The molecule has 1 atom stereocenters. The molecule has 2 aromatic rings. The van der Waals surface area contributed by atoms with Crippen LogP contribution in [0.2, 0.25) is 0 Å². The number of imide groups is 1. The van der Waals surface area contributed by atoms with Crippen molar-refractivity contribution in [2.75, 3.05) is 7.05 Å². The summed E-state index contributed by atoms with van der Waals surface area (Å²) in [6.45, 7) is 1.92. The van der Waals surface area contributed by atoms with E-state index in [0.29, 0.717) is 17.0 Å². The number of likely N-dealkylation sites (N-methyl/N-ethyl adjacent to an activating group) is 1. The van der Waals surface area contributed by atoms with Crippen molar-refractivity contribution in [3.05, 3.63) is 23.7 Å². The zero-order valence-corrected chi connectivity index (χ0v) is 11.9. The number of hydrogen-bond donors (Lipinski definition) is 0. The molecule has 0 aromatic carbocycles. The summed E-state index contributed by atoms with van der Waals surface area (Å²) in [6.07, 6.45) is 1.84. The van der Waals surface area contributed by atoms with Crippen molar-refractivity contribution in [3.8, 4) is 0 Å². The first-order valence-electron chi connectivity index (χ1n) is 6.22. The Labute approximate surface area is 120 Å². The van der Waals surface area contributed by atoms with Crippen LogP contribution < -0.4 is 0 Å². The van der Waals surface area contributed by atoms with Crippen molar-refractivity contribution < 1.29 is 9.59 Å². The summed E-state index contributed by atoms with van der Waals surface area (Å²) in [5.74, 6) is 0.274. The number of pyridine rings is 1. The van der Waals surface area contributed by atoms with E-state index in [0.717, 1.165) is 10.5 Å². The van der Waals surface area contributed by atoms with E-state index in [1.165, 1.54) is 7.05 Å². The van der Waals surface area contributed by atoms with E-state index >= 15 is 0 Å². The van der Waals surface area contributed by atoms with Gasteiger partial charge in [-0.05, 0) is 18.6 Å². The number of imidazole rings is 1. The molecule has 0 aliphatic carbocycles. The van der Waals surface area contributed by atoms with Crippen molar-refractivity contribution in [2.24, 2.45) is 0 Å². The van der Waals surface area contributed by atoms with Crippen LogP contribution in [-0.4, -0.2) is 38.3 Å². The summed E-state index contributed by atoms with van der Waals surface area (Å²) in [7, 11) is 1.49. The number of amides is 2. The Morgan fingerprint density at radius 1 is 1.45 bits per heavy atom. The average molecular weight is 293 g/mol. The lowest BCUT2D eigenvalue weighted by Gasteiger charge is -2.13. The molecule has 1 saturated heterocycles. The minimum Gasteiger partial charge on any atom is -0.298 e. The largest absolute Gasteiger partial charge is 0.298 e. The number of alkyl halides is 1. The quantitative estimate of drug-likeness (QED) is 0.620. The molecule has 1 unspecified atom stereocenters. The zero-order chi connectivity index (χ0) is 14.4. The number of halogens is 1. The Balaban J connectivity index is 2.20. The van der Waals surface area contributed by atoms with Crippen LogP contribution >= 0.6 is 11.6 Å². The van der Waals surface area contributed by atoms with Crippen molar-refractivity contribution in [1.29, 1.82) is 0 Å².